The molecule has 4 rings (SSSR count). The van der Waals surface area contributed by atoms with Crippen LogP contribution in [0.5, 0.6) is 5.75 Å². The molecule has 0 saturated carbocycles. The number of aromatic hydroxyl groups is 1. The van der Waals surface area contributed by atoms with E-state index >= 15 is 0 Å². The summed E-state index contributed by atoms with van der Waals surface area (Å²) in [6, 6.07) is 11.8. The number of ketones is 2. The summed E-state index contributed by atoms with van der Waals surface area (Å²) in [6.45, 7) is 6.54. The fourth-order valence-electron chi connectivity index (χ4n) is 3.91. The van der Waals surface area contributed by atoms with Crippen LogP contribution >= 0.6 is 0 Å². The first kappa shape index (κ1) is 20.7. The average Bonchev–Trinajstić information content (AvgIpc) is 3.01. The van der Waals surface area contributed by atoms with E-state index in [0.29, 0.717) is 23.5 Å². The summed E-state index contributed by atoms with van der Waals surface area (Å²) < 4.78 is 0. The van der Waals surface area contributed by atoms with Crippen molar-refractivity contribution in [3.8, 4) is 5.75 Å². The minimum atomic E-state index is -1.21. The van der Waals surface area contributed by atoms with Gasteiger partial charge in [0.25, 0.3) is 5.91 Å². The number of pyridine rings is 1. The number of fused-ring (bicyclic) bond motifs is 2. The van der Waals surface area contributed by atoms with E-state index < -0.39 is 17.5 Å². The number of carbonyl (C=O) groups is 3. The molecule has 1 N–H and O–H groups in total. The molecule has 0 spiro atoms. The Kier molecular flexibility index (Phi) is 5.09. The largest absolute Gasteiger partial charge is 0.506 e. The van der Waals surface area contributed by atoms with Gasteiger partial charge in [0.2, 0.25) is 0 Å². The van der Waals surface area contributed by atoms with Crippen molar-refractivity contribution in [2.45, 2.75) is 32.6 Å². The van der Waals surface area contributed by atoms with Crippen LogP contribution in [0.15, 0.2) is 42.5 Å². The molecule has 2 aromatic carbocycles. The molecule has 31 heavy (non-hydrogen) atoms. The lowest BCUT2D eigenvalue weighted by Gasteiger charge is -2.14. The number of hydrogen-bond donors (Lipinski definition) is 1. The Hall–Kier alpha value is -3.54. The summed E-state index contributed by atoms with van der Waals surface area (Å²) in [7, 11) is 1.67. The van der Waals surface area contributed by atoms with Gasteiger partial charge in [0, 0.05) is 35.7 Å². The summed E-state index contributed by atoms with van der Waals surface area (Å²) >= 11 is 0. The maximum Gasteiger partial charge on any atom is 0.253 e. The lowest BCUT2D eigenvalue weighted by Crippen LogP contribution is -2.26. The van der Waals surface area contributed by atoms with Gasteiger partial charge in [0.15, 0.2) is 11.6 Å². The van der Waals surface area contributed by atoms with Gasteiger partial charge in [-0.3, -0.25) is 14.4 Å². The van der Waals surface area contributed by atoms with Crippen molar-refractivity contribution in [1.82, 2.24) is 9.88 Å². The zero-order valence-corrected chi connectivity index (χ0v) is 18.0. The highest BCUT2D eigenvalue weighted by Gasteiger charge is 2.42. The molecule has 1 heterocycles. The van der Waals surface area contributed by atoms with Crippen molar-refractivity contribution < 1.29 is 19.5 Å². The Balaban J connectivity index is 1.76. The molecular formula is C25H24N2O4. The maximum atomic E-state index is 13.2. The molecule has 1 amide bonds. The molecule has 6 heteroatoms. The summed E-state index contributed by atoms with van der Waals surface area (Å²) in [4.78, 5) is 44.7. The van der Waals surface area contributed by atoms with Crippen LogP contribution in [0.1, 0.15) is 74.9 Å². The molecule has 3 aromatic rings. The molecule has 1 aromatic heterocycles. The second-order valence-electron chi connectivity index (χ2n) is 8.24. The number of amides is 1. The first-order chi connectivity index (χ1) is 14.7. The minimum absolute atomic E-state index is 0.0505. The van der Waals surface area contributed by atoms with Crippen LogP contribution in [-0.4, -0.2) is 46.1 Å². The second-order valence-corrected chi connectivity index (χ2v) is 8.24. The summed E-state index contributed by atoms with van der Waals surface area (Å²) in [5.41, 5.74) is 2.56. The number of aromatic nitrogens is 1. The van der Waals surface area contributed by atoms with Crippen LogP contribution in [-0.2, 0) is 0 Å². The monoisotopic (exact) mass is 416 g/mol. The third kappa shape index (κ3) is 3.38. The van der Waals surface area contributed by atoms with Gasteiger partial charge in [-0.2, -0.15) is 0 Å². The van der Waals surface area contributed by atoms with E-state index in [2.05, 4.69) is 18.8 Å². The third-order valence-electron chi connectivity index (χ3n) is 5.93. The van der Waals surface area contributed by atoms with Crippen molar-refractivity contribution in [3.05, 3.63) is 70.4 Å². The Morgan fingerprint density at radius 3 is 2.45 bits per heavy atom. The van der Waals surface area contributed by atoms with Crippen molar-refractivity contribution in [3.63, 3.8) is 0 Å². The number of hydrogen-bond acceptors (Lipinski definition) is 5. The Labute approximate surface area is 180 Å². The topological polar surface area (TPSA) is 87.6 Å². The molecule has 0 bridgehead atoms. The van der Waals surface area contributed by atoms with E-state index in [0.717, 1.165) is 10.9 Å². The SMILES string of the molecule is CCN(C)C(=O)c1ccc2c(c1)C(=O)C(c1nc3ccc(C(C)C)cc3cc1O)C2=O. The lowest BCUT2D eigenvalue weighted by molar-refractivity contribution is 0.0801. The fourth-order valence-corrected chi connectivity index (χ4v) is 3.91. The van der Waals surface area contributed by atoms with Gasteiger partial charge in [0.1, 0.15) is 17.4 Å². The number of nitrogens with zero attached hydrogens (tertiary/aromatic N) is 2. The van der Waals surface area contributed by atoms with E-state index in [9.17, 15) is 19.5 Å². The van der Waals surface area contributed by atoms with E-state index in [4.69, 9.17) is 0 Å². The van der Waals surface area contributed by atoms with Crippen molar-refractivity contribution >= 4 is 28.4 Å². The highest BCUT2D eigenvalue weighted by Crippen LogP contribution is 2.38. The summed E-state index contributed by atoms with van der Waals surface area (Å²) in [5.74, 6) is -2.16. The van der Waals surface area contributed by atoms with Crippen LogP contribution in [0.2, 0.25) is 0 Å². The Morgan fingerprint density at radius 2 is 1.77 bits per heavy atom. The van der Waals surface area contributed by atoms with E-state index in [1.54, 1.807) is 19.2 Å². The highest BCUT2D eigenvalue weighted by atomic mass is 16.3. The van der Waals surface area contributed by atoms with Gasteiger partial charge >= 0.3 is 0 Å². The molecule has 158 valence electrons. The summed E-state index contributed by atoms with van der Waals surface area (Å²) in [5, 5.41) is 11.4. The van der Waals surface area contributed by atoms with E-state index in [1.165, 1.54) is 17.0 Å². The molecule has 0 saturated heterocycles. The zero-order valence-electron chi connectivity index (χ0n) is 18.0. The molecule has 6 nitrogen and oxygen atoms in total. The molecule has 1 atom stereocenters. The number of Topliss-reactive ketones (excluding diaryl/α,β-unsaturated/α-hetero) is 2. The quantitative estimate of drug-likeness (QED) is 0.640. The number of rotatable bonds is 4. The zero-order chi connectivity index (χ0) is 22.4. The number of carbonyl (C=O) groups excluding carboxylic acids is 3. The van der Waals surface area contributed by atoms with Crippen LogP contribution in [0.4, 0.5) is 0 Å². The first-order valence-corrected chi connectivity index (χ1v) is 10.3. The van der Waals surface area contributed by atoms with Gasteiger partial charge in [0.05, 0.1) is 5.52 Å². The average molecular weight is 416 g/mol. The first-order valence-electron chi connectivity index (χ1n) is 10.3. The maximum absolute atomic E-state index is 13.2. The van der Waals surface area contributed by atoms with Crippen molar-refractivity contribution in [2.75, 3.05) is 13.6 Å². The van der Waals surface area contributed by atoms with Gasteiger partial charge in [-0.25, -0.2) is 4.98 Å². The van der Waals surface area contributed by atoms with Crippen LogP contribution in [0.3, 0.4) is 0 Å². The highest BCUT2D eigenvalue weighted by molar-refractivity contribution is 6.30. The molecule has 1 unspecified atom stereocenters. The molecule has 1 aliphatic rings. The lowest BCUT2D eigenvalue weighted by atomic mass is 9.96. The molecule has 0 radical (unpaired) electrons. The van der Waals surface area contributed by atoms with Gasteiger partial charge in [-0.15, -0.1) is 0 Å². The van der Waals surface area contributed by atoms with E-state index in [-0.39, 0.29) is 28.5 Å². The van der Waals surface area contributed by atoms with Gasteiger partial charge in [-0.1, -0.05) is 19.9 Å². The second kappa shape index (κ2) is 7.61. The van der Waals surface area contributed by atoms with Gasteiger partial charge < -0.3 is 10.0 Å². The van der Waals surface area contributed by atoms with Gasteiger partial charge in [-0.05, 0) is 54.8 Å². The van der Waals surface area contributed by atoms with Crippen LogP contribution in [0, 0.1) is 0 Å². The predicted molar refractivity (Wildman–Crippen MR) is 118 cm³/mol. The Morgan fingerprint density at radius 1 is 1.06 bits per heavy atom. The van der Waals surface area contributed by atoms with Crippen molar-refractivity contribution in [2.24, 2.45) is 0 Å². The van der Waals surface area contributed by atoms with Crippen LogP contribution < -0.4 is 0 Å². The molecular weight excluding hydrogens is 392 g/mol. The Bertz CT molecular complexity index is 1250. The summed E-state index contributed by atoms with van der Waals surface area (Å²) in [6.07, 6.45) is 0. The molecule has 0 aliphatic heterocycles. The molecule has 1 aliphatic carbocycles. The third-order valence-corrected chi connectivity index (χ3v) is 5.93. The normalized spacial score (nSPS) is 15.6. The standard InChI is InChI=1S/C25H24N2O4/c1-5-27(4)25(31)15-6-8-17-18(11-15)24(30)21(23(17)29)22-20(28)12-16-10-14(13(2)3)7-9-19(16)26-22/h6-13,21,28H,5H2,1-4H3. The smallest absolute Gasteiger partial charge is 0.253 e. The van der Waals surface area contributed by atoms with E-state index in [1.807, 2.05) is 25.1 Å². The molecule has 0 fully saturated rings. The fraction of sp³-hybridized carbons (Fsp3) is 0.280. The minimum Gasteiger partial charge on any atom is -0.506 e. The van der Waals surface area contributed by atoms with Crippen molar-refractivity contribution in [1.29, 1.82) is 0 Å². The number of benzene rings is 2. The predicted octanol–water partition coefficient (Wildman–Crippen LogP) is 4.32. The van der Waals surface area contributed by atoms with Crippen LogP contribution in [0.25, 0.3) is 10.9 Å².